The Labute approximate surface area is 108 Å². The first-order valence-electron chi connectivity index (χ1n) is 5.31. The summed E-state index contributed by atoms with van der Waals surface area (Å²) in [6.45, 7) is 1.60. The van der Waals surface area contributed by atoms with Gasteiger partial charge >= 0.3 is 5.97 Å². The van der Waals surface area contributed by atoms with Crippen molar-refractivity contribution >= 4 is 28.6 Å². The highest BCUT2D eigenvalue weighted by Gasteiger charge is 2.17. The minimum Gasteiger partial charge on any atom is -0.480 e. The number of carboxylic acid groups (broad SMARTS) is 1. The summed E-state index contributed by atoms with van der Waals surface area (Å²) in [6, 6.07) is 9.45. The van der Waals surface area contributed by atoms with Gasteiger partial charge in [-0.2, -0.15) is 5.26 Å². The number of aromatic nitrogens is 1. The average molecular weight is 258 g/mol. The van der Waals surface area contributed by atoms with Crippen molar-refractivity contribution in [1.29, 1.82) is 5.26 Å². The molecule has 0 saturated heterocycles. The number of rotatable bonds is 3. The molecule has 0 fully saturated rings. The monoisotopic (exact) mass is 258 g/mol. The lowest BCUT2D eigenvalue weighted by molar-refractivity contribution is -0.136. The predicted molar refractivity (Wildman–Crippen MR) is 69.4 cm³/mol. The van der Waals surface area contributed by atoms with Crippen molar-refractivity contribution in [2.24, 2.45) is 0 Å². The molecule has 0 aliphatic carbocycles. The maximum absolute atomic E-state index is 10.9. The van der Waals surface area contributed by atoms with Crippen LogP contribution in [0.15, 0.2) is 35.4 Å². The standard InChI is InChI=1S/C13H10N2O2S/c1-8(13(16)17)18-12-9(6-14)7-15-11-5-3-2-4-10(11)12/h2-5,7-8H,1H3,(H,16,17). The van der Waals surface area contributed by atoms with Crippen molar-refractivity contribution in [3.63, 3.8) is 0 Å². The number of nitrogens with zero attached hydrogens (tertiary/aromatic N) is 2. The second kappa shape index (κ2) is 5.07. The zero-order valence-corrected chi connectivity index (χ0v) is 10.4. The number of hydrogen-bond acceptors (Lipinski definition) is 4. The van der Waals surface area contributed by atoms with Gasteiger partial charge in [0.2, 0.25) is 0 Å². The number of para-hydroxylation sites is 1. The predicted octanol–water partition coefficient (Wildman–Crippen LogP) is 2.67. The molecular formula is C13H10N2O2S. The number of hydrogen-bond donors (Lipinski definition) is 1. The first kappa shape index (κ1) is 12.4. The lowest BCUT2D eigenvalue weighted by atomic mass is 10.2. The van der Waals surface area contributed by atoms with E-state index in [2.05, 4.69) is 11.1 Å². The van der Waals surface area contributed by atoms with Gasteiger partial charge in [-0.15, -0.1) is 11.8 Å². The first-order valence-corrected chi connectivity index (χ1v) is 6.18. The van der Waals surface area contributed by atoms with Crippen LogP contribution in [-0.4, -0.2) is 21.3 Å². The molecule has 0 amide bonds. The Kier molecular flexibility index (Phi) is 3.49. The summed E-state index contributed by atoms with van der Waals surface area (Å²) in [5.41, 5.74) is 1.17. The third-order valence-corrected chi connectivity index (χ3v) is 3.72. The number of carboxylic acids is 1. The molecule has 2 rings (SSSR count). The van der Waals surface area contributed by atoms with Crippen molar-refractivity contribution < 1.29 is 9.90 Å². The molecule has 0 saturated carbocycles. The van der Waals surface area contributed by atoms with Crippen LogP contribution in [0, 0.1) is 11.3 Å². The molecule has 0 aliphatic heterocycles. The van der Waals surface area contributed by atoms with E-state index in [9.17, 15) is 4.79 Å². The Bertz CT molecular complexity index is 649. The van der Waals surface area contributed by atoms with Crippen LogP contribution in [0.3, 0.4) is 0 Å². The fourth-order valence-electron chi connectivity index (χ4n) is 1.55. The lowest BCUT2D eigenvalue weighted by Gasteiger charge is -2.10. The number of carbonyl (C=O) groups is 1. The molecule has 2 aromatic rings. The van der Waals surface area contributed by atoms with E-state index in [1.165, 1.54) is 18.0 Å². The molecule has 1 unspecified atom stereocenters. The summed E-state index contributed by atoms with van der Waals surface area (Å²) in [6.07, 6.45) is 1.49. The van der Waals surface area contributed by atoms with Crippen molar-refractivity contribution in [3.05, 3.63) is 36.0 Å². The fourth-order valence-corrected chi connectivity index (χ4v) is 2.53. The number of benzene rings is 1. The minimum absolute atomic E-state index is 0.409. The third kappa shape index (κ3) is 2.29. The van der Waals surface area contributed by atoms with Crippen molar-refractivity contribution in [1.82, 2.24) is 4.98 Å². The molecule has 0 spiro atoms. The maximum Gasteiger partial charge on any atom is 0.316 e. The zero-order chi connectivity index (χ0) is 13.1. The van der Waals surface area contributed by atoms with Crippen LogP contribution < -0.4 is 0 Å². The Balaban J connectivity index is 2.59. The number of fused-ring (bicyclic) bond motifs is 1. The van der Waals surface area contributed by atoms with E-state index >= 15 is 0 Å². The van der Waals surface area contributed by atoms with Gasteiger partial charge in [0.15, 0.2) is 0 Å². The molecule has 4 nitrogen and oxygen atoms in total. The van der Waals surface area contributed by atoms with Gasteiger partial charge < -0.3 is 5.11 Å². The van der Waals surface area contributed by atoms with E-state index < -0.39 is 11.2 Å². The Hall–Kier alpha value is -2.06. The summed E-state index contributed by atoms with van der Waals surface area (Å²) in [4.78, 5) is 15.8. The number of pyridine rings is 1. The van der Waals surface area contributed by atoms with Crippen molar-refractivity contribution in [3.8, 4) is 6.07 Å². The van der Waals surface area contributed by atoms with E-state index in [0.29, 0.717) is 10.5 Å². The van der Waals surface area contributed by atoms with Crippen LogP contribution >= 0.6 is 11.8 Å². The zero-order valence-electron chi connectivity index (χ0n) is 9.62. The summed E-state index contributed by atoms with van der Waals surface area (Å²) < 4.78 is 0. The third-order valence-electron chi connectivity index (χ3n) is 2.49. The highest BCUT2D eigenvalue weighted by Crippen LogP contribution is 2.32. The highest BCUT2D eigenvalue weighted by molar-refractivity contribution is 8.00. The number of aliphatic carboxylic acids is 1. The molecular weight excluding hydrogens is 248 g/mol. The fraction of sp³-hybridized carbons (Fsp3) is 0.154. The minimum atomic E-state index is -0.898. The van der Waals surface area contributed by atoms with Gasteiger partial charge in [-0.1, -0.05) is 18.2 Å². The highest BCUT2D eigenvalue weighted by atomic mass is 32.2. The van der Waals surface area contributed by atoms with Crippen LogP contribution in [0.1, 0.15) is 12.5 Å². The van der Waals surface area contributed by atoms with Gasteiger partial charge in [0, 0.05) is 16.5 Å². The van der Waals surface area contributed by atoms with Crippen LogP contribution in [0.5, 0.6) is 0 Å². The summed E-state index contributed by atoms with van der Waals surface area (Å²) >= 11 is 1.17. The van der Waals surface area contributed by atoms with Gasteiger partial charge in [0.1, 0.15) is 11.3 Å². The summed E-state index contributed by atoms with van der Waals surface area (Å²) in [7, 11) is 0. The van der Waals surface area contributed by atoms with Gasteiger partial charge in [0.05, 0.1) is 11.1 Å². The number of nitriles is 1. The molecule has 0 radical (unpaired) electrons. The molecule has 90 valence electrons. The second-order valence-corrected chi connectivity index (χ2v) is 5.08. The van der Waals surface area contributed by atoms with E-state index in [1.807, 2.05) is 24.3 Å². The molecule has 1 N–H and O–H groups in total. The SMILES string of the molecule is CC(Sc1c(C#N)cnc2ccccc12)C(=O)O. The quantitative estimate of drug-likeness (QED) is 0.857. The molecule has 1 atom stereocenters. The van der Waals surface area contributed by atoms with E-state index in [0.717, 1.165) is 10.9 Å². The van der Waals surface area contributed by atoms with E-state index in [1.54, 1.807) is 6.92 Å². The lowest BCUT2D eigenvalue weighted by Crippen LogP contribution is -2.11. The van der Waals surface area contributed by atoms with Crippen LogP contribution in [0.2, 0.25) is 0 Å². The van der Waals surface area contributed by atoms with Gasteiger partial charge in [0.25, 0.3) is 0 Å². The smallest absolute Gasteiger partial charge is 0.316 e. The molecule has 1 heterocycles. The Morgan fingerprint density at radius 3 is 2.89 bits per heavy atom. The molecule has 0 bridgehead atoms. The van der Waals surface area contributed by atoms with Gasteiger partial charge in [-0.05, 0) is 13.0 Å². The Morgan fingerprint density at radius 1 is 1.50 bits per heavy atom. The van der Waals surface area contributed by atoms with Crippen molar-refractivity contribution in [2.45, 2.75) is 17.1 Å². The summed E-state index contributed by atoms with van der Waals surface area (Å²) in [5.74, 6) is -0.898. The maximum atomic E-state index is 10.9. The molecule has 0 aliphatic rings. The van der Waals surface area contributed by atoms with E-state index in [4.69, 9.17) is 10.4 Å². The molecule has 1 aromatic carbocycles. The van der Waals surface area contributed by atoms with Crippen LogP contribution in [-0.2, 0) is 4.79 Å². The van der Waals surface area contributed by atoms with Gasteiger partial charge in [-0.25, -0.2) is 0 Å². The van der Waals surface area contributed by atoms with E-state index in [-0.39, 0.29) is 0 Å². The summed E-state index contributed by atoms with van der Waals surface area (Å²) in [5, 5.41) is 18.2. The topological polar surface area (TPSA) is 74.0 Å². The molecule has 1 aromatic heterocycles. The first-order chi connectivity index (χ1) is 8.63. The number of thioether (sulfide) groups is 1. The molecule has 5 heteroatoms. The van der Waals surface area contributed by atoms with Crippen LogP contribution in [0.25, 0.3) is 10.9 Å². The van der Waals surface area contributed by atoms with Crippen LogP contribution in [0.4, 0.5) is 0 Å². The second-order valence-electron chi connectivity index (χ2n) is 3.73. The largest absolute Gasteiger partial charge is 0.480 e. The Morgan fingerprint density at radius 2 is 2.22 bits per heavy atom. The van der Waals surface area contributed by atoms with Gasteiger partial charge in [-0.3, -0.25) is 9.78 Å². The normalized spacial score (nSPS) is 12.0. The molecule has 18 heavy (non-hydrogen) atoms. The average Bonchev–Trinajstić information content (AvgIpc) is 2.39. The van der Waals surface area contributed by atoms with Crippen molar-refractivity contribution in [2.75, 3.05) is 0 Å².